The molecule has 2 aromatic carbocycles. The molecule has 0 radical (unpaired) electrons. The summed E-state index contributed by atoms with van der Waals surface area (Å²) in [7, 11) is -1.99. The molecule has 35 heavy (non-hydrogen) atoms. The van der Waals surface area contributed by atoms with E-state index < -0.39 is 16.1 Å². The molecule has 1 N–H and O–H groups in total. The summed E-state index contributed by atoms with van der Waals surface area (Å²) in [5.74, 6) is 1.11. The molecule has 1 saturated carbocycles. The molecule has 0 unspecified atom stereocenters. The molecule has 1 amide bonds. The zero-order valence-electron chi connectivity index (χ0n) is 20.5. The molecular formula is C26H35N3O5S. The van der Waals surface area contributed by atoms with Gasteiger partial charge >= 0.3 is 0 Å². The van der Waals surface area contributed by atoms with E-state index in [9.17, 15) is 13.2 Å². The Morgan fingerprint density at radius 3 is 2.29 bits per heavy atom. The quantitative estimate of drug-likeness (QED) is 0.596. The summed E-state index contributed by atoms with van der Waals surface area (Å²) in [6.07, 6.45) is 4.89. The molecule has 9 heteroatoms. The van der Waals surface area contributed by atoms with Crippen molar-refractivity contribution in [1.29, 1.82) is 0 Å². The Kier molecular flexibility index (Phi) is 8.18. The van der Waals surface area contributed by atoms with Crippen LogP contribution in [-0.4, -0.2) is 64.1 Å². The van der Waals surface area contributed by atoms with E-state index in [1.165, 1.54) is 10.7 Å². The van der Waals surface area contributed by atoms with Gasteiger partial charge in [0.25, 0.3) is 5.91 Å². The minimum Gasteiger partial charge on any atom is -0.495 e. The molecule has 4 rings (SSSR count). The maximum absolute atomic E-state index is 13.2. The van der Waals surface area contributed by atoms with Gasteiger partial charge in [0.2, 0.25) is 10.0 Å². The number of anilines is 1. The lowest BCUT2D eigenvalue weighted by atomic mass is 9.95. The second-order valence-electron chi connectivity index (χ2n) is 9.14. The van der Waals surface area contributed by atoms with Crippen LogP contribution in [0.15, 0.2) is 53.4 Å². The van der Waals surface area contributed by atoms with E-state index >= 15 is 0 Å². The van der Waals surface area contributed by atoms with Crippen molar-refractivity contribution in [3.8, 4) is 11.5 Å². The van der Waals surface area contributed by atoms with Gasteiger partial charge in [0, 0.05) is 32.2 Å². The lowest BCUT2D eigenvalue weighted by Crippen LogP contribution is -2.48. The summed E-state index contributed by atoms with van der Waals surface area (Å²) in [6.45, 7) is 3.64. The first kappa shape index (κ1) is 25.3. The summed E-state index contributed by atoms with van der Waals surface area (Å²) in [4.78, 5) is 14.8. The number of nitrogens with one attached hydrogen (secondary N) is 1. The van der Waals surface area contributed by atoms with Crippen LogP contribution in [-0.2, 0) is 14.8 Å². The fourth-order valence-electron chi connectivity index (χ4n) is 4.72. The van der Waals surface area contributed by atoms with Crippen LogP contribution in [0.25, 0.3) is 0 Å². The third kappa shape index (κ3) is 6.08. The number of benzene rings is 2. The van der Waals surface area contributed by atoms with Crippen molar-refractivity contribution in [2.45, 2.75) is 56.1 Å². The average molecular weight is 502 g/mol. The van der Waals surface area contributed by atoms with E-state index in [0.29, 0.717) is 31.9 Å². The molecular weight excluding hydrogens is 466 g/mol. The fourth-order valence-corrected chi connectivity index (χ4v) is 6.14. The van der Waals surface area contributed by atoms with Gasteiger partial charge in [0.05, 0.1) is 17.7 Å². The highest BCUT2D eigenvalue weighted by Crippen LogP contribution is 2.29. The van der Waals surface area contributed by atoms with E-state index in [-0.39, 0.29) is 16.8 Å². The number of carbonyl (C=O) groups excluding carboxylic acids is 1. The lowest BCUT2D eigenvalue weighted by molar-refractivity contribution is -0.128. The molecule has 0 bridgehead atoms. The fraction of sp³-hybridized carbons (Fsp3) is 0.500. The van der Waals surface area contributed by atoms with Crippen molar-refractivity contribution in [3.63, 3.8) is 0 Å². The molecule has 1 aliphatic heterocycles. The molecule has 2 aromatic rings. The van der Waals surface area contributed by atoms with Crippen molar-refractivity contribution in [2.24, 2.45) is 0 Å². The second kappa shape index (κ2) is 11.3. The van der Waals surface area contributed by atoms with E-state index in [0.717, 1.165) is 37.1 Å². The molecule has 0 spiro atoms. The Morgan fingerprint density at radius 1 is 0.971 bits per heavy atom. The van der Waals surface area contributed by atoms with Crippen LogP contribution in [0, 0.1) is 0 Å². The van der Waals surface area contributed by atoms with E-state index in [4.69, 9.17) is 9.47 Å². The maximum atomic E-state index is 13.2. The Hall–Kier alpha value is -2.78. The smallest absolute Gasteiger partial charge is 0.260 e. The summed E-state index contributed by atoms with van der Waals surface area (Å²) in [6, 6.07) is 14.3. The normalized spacial score (nSPS) is 18.6. The average Bonchev–Trinajstić information content (AvgIpc) is 2.89. The molecule has 1 heterocycles. The highest BCUT2D eigenvalue weighted by atomic mass is 32.2. The van der Waals surface area contributed by atoms with Gasteiger partial charge in [0.1, 0.15) is 11.5 Å². The molecule has 1 saturated heterocycles. The van der Waals surface area contributed by atoms with Gasteiger partial charge in [-0.05, 0) is 56.2 Å². The largest absolute Gasteiger partial charge is 0.495 e. The summed E-state index contributed by atoms with van der Waals surface area (Å²) in [5.41, 5.74) is 0.968. The predicted octanol–water partition coefficient (Wildman–Crippen LogP) is 3.42. The van der Waals surface area contributed by atoms with E-state index in [1.807, 2.05) is 24.3 Å². The first-order valence-electron chi connectivity index (χ1n) is 12.3. The predicted molar refractivity (Wildman–Crippen MR) is 136 cm³/mol. The van der Waals surface area contributed by atoms with Crippen LogP contribution in [0.1, 0.15) is 39.0 Å². The monoisotopic (exact) mass is 501 g/mol. The Morgan fingerprint density at radius 2 is 1.63 bits per heavy atom. The Labute approximate surface area is 208 Å². The van der Waals surface area contributed by atoms with Crippen LogP contribution in [0.5, 0.6) is 11.5 Å². The van der Waals surface area contributed by atoms with Gasteiger partial charge in [-0.25, -0.2) is 8.42 Å². The van der Waals surface area contributed by atoms with Gasteiger partial charge in [-0.3, -0.25) is 4.79 Å². The SMILES string of the molecule is COc1ccccc1N1CCN(S(=O)(=O)c2ccc(O[C@@H](C)C(=O)NC3CCCCC3)cc2)CC1. The van der Waals surface area contributed by atoms with E-state index in [2.05, 4.69) is 10.2 Å². The van der Waals surface area contributed by atoms with Crippen molar-refractivity contribution in [2.75, 3.05) is 38.2 Å². The van der Waals surface area contributed by atoms with Gasteiger partial charge < -0.3 is 19.7 Å². The van der Waals surface area contributed by atoms with Gasteiger partial charge in [-0.2, -0.15) is 4.31 Å². The number of sulfonamides is 1. The molecule has 8 nitrogen and oxygen atoms in total. The van der Waals surface area contributed by atoms with Crippen LogP contribution < -0.4 is 19.7 Å². The summed E-state index contributed by atoms with van der Waals surface area (Å²) >= 11 is 0. The van der Waals surface area contributed by atoms with Crippen LogP contribution in [0.2, 0.25) is 0 Å². The summed E-state index contributed by atoms with van der Waals surface area (Å²) < 4.78 is 39.1. The van der Waals surface area contributed by atoms with Crippen LogP contribution in [0.3, 0.4) is 0 Å². The number of carbonyl (C=O) groups is 1. The number of amides is 1. The van der Waals surface area contributed by atoms with Crippen LogP contribution >= 0.6 is 0 Å². The minimum absolute atomic E-state index is 0.137. The first-order chi connectivity index (χ1) is 16.9. The molecule has 2 fully saturated rings. The zero-order valence-corrected chi connectivity index (χ0v) is 21.3. The molecule has 2 aliphatic rings. The van der Waals surface area contributed by atoms with Crippen molar-refractivity contribution in [3.05, 3.63) is 48.5 Å². The van der Waals surface area contributed by atoms with Gasteiger partial charge in [-0.15, -0.1) is 0 Å². The third-order valence-corrected chi connectivity index (χ3v) is 8.67. The van der Waals surface area contributed by atoms with Crippen LogP contribution in [0.4, 0.5) is 5.69 Å². The Bertz CT molecular complexity index is 1090. The number of hydrogen-bond donors (Lipinski definition) is 1. The number of para-hydroxylation sites is 2. The number of hydrogen-bond acceptors (Lipinski definition) is 6. The molecule has 190 valence electrons. The minimum atomic E-state index is -3.62. The number of methoxy groups -OCH3 is 1. The van der Waals surface area contributed by atoms with Crippen molar-refractivity contribution in [1.82, 2.24) is 9.62 Å². The Balaban J connectivity index is 1.33. The number of nitrogens with zero attached hydrogens (tertiary/aromatic N) is 2. The topological polar surface area (TPSA) is 88.2 Å². The molecule has 1 aliphatic carbocycles. The zero-order chi connectivity index (χ0) is 24.8. The van der Waals surface area contributed by atoms with Crippen molar-refractivity contribution >= 4 is 21.6 Å². The first-order valence-corrected chi connectivity index (χ1v) is 13.8. The lowest BCUT2D eigenvalue weighted by Gasteiger charge is -2.35. The molecule has 1 atom stereocenters. The maximum Gasteiger partial charge on any atom is 0.260 e. The van der Waals surface area contributed by atoms with Gasteiger partial charge in [-0.1, -0.05) is 31.4 Å². The second-order valence-corrected chi connectivity index (χ2v) is 11.1. The number of ether oxygens (including phenoxy) is 2. The van der Waals surface area contributed by atoms with Gasteiger partial charge in [0.15, 0.2) is 6.10 Å². The number of piperazine rings is 1. The highest BCUT2D eigenvalue weighted by Gasteiger charge is 2.29. The molecule has 0 aromatic heterocycles. The highest BCUT2D eigenvalue weighted by molar-refractivity contribution is 7.89. The van der Waals surface area contributed by atoms with Crippen molar-refractivity contribution < 1.29 is 22.7 Å². The van der Waals surface area contributed by atoms with E-state index in [1.54, 1.807) is 38.3 Å². The summed E-state index contributed by atoms with van der Waals surface area (Å²) in [5, 5.41) is 3.06. The standard InChI is InChI=1S/C26H35N3O5S/c1-20(26(30)27-21-8-4-3-5-9-21)34-22-12-14-23(15-13-22)35(31,32)29-18-16-28(17-19-29)24-10-6-7-11-25(24)33-2/h6-7,10-15,20-21H,3-5,8-9,16-19H2,1-2H3,(H,27,30)/t20-/m0/s1. The number of rotatable bonds is 8. The third-order valence-electron chi connectivity index (χ3n) is 6.76.